The van der Waals surface area contributed by atoms with Gasteiger partial charge in [-0.15, -0.1) is 0 Å². The molecule has 0 heterocycles. The summed E-state index contributed by atoms with van der Waals surface area (Å²) in [4.78, 5) is 23.6. The Morgan fingerprint density at radius 2 is 1.30 bits per heavy atom. The maximum atomic E-state index is 11.9. The number of carboxylic acids is 2. The van der Waals surface area contributed by atoms with E-state index in [-0.39, 0.29) is 22.1 Å². The van der Waals surface area contributed by atoms with Crippen LogP contribution in [0.3, 0.4) is 0 Å². The van der Waals surface area contributed by atoms with E-state index in [9.17, 15) is 19.8 Å². The highest BCUT2D eigenvalue weighted by Crippen LogP contribution is 2.37. The highest BCUT2D eigenvalue weighted by Gasteiger charge is 2.35. The molecule has 2 N–H and O–H groups in total. The van der Waals surface area contributed by atoms with E-state index in [1.165, 1.54) is 0 Å². The molecule has 0 fully saturated rings. The van der Waals surface area contributed by atoms with E-state index in [1.807, 2.05) is 0 Å². The zero-order valence-electron chi connectivity index (χ0n) is 20.6. The number of aliphatic carboxylic acids is 2. The van der Waals surface area contributed by atoms with Crippen LogP contribution in [0.15, 0.2) is 11.1 Å². The lowest BCUT2D eigenvalue weighted by atomic mass is 9.85. The Morgan fingerprint density at radius 3 is 1.60 bits per heavy atom. The zero-order chi connectivity index (χ0) is 24.1. The minimum absolute atomic E-state index is 0.00920. The van der Waals surface area contributed by atoms with Gasteiger partial charge in [0.05, 0.1) is 11.1 Å². The number of hydrogen-bond acceptors (Lipinski definition) is 5. The average molecular weight is 495 g/mol. The van der Waals surface area contributed by atoms with Crippen molar-refractivity contribution in [2.75, 3.05) is 0 Å². The van der Waals surface area contributed by atoms with Crippen molar-refractivity contribution in [3.05, 3.63) is 11.1 Å². The fourth-order valence-electron chi connectivity index (χ4n) is 3.22. The first-order chi connectivity index (χ1) is 13.3. The summed E-state index contributed by atoms with van der Waals surface area (Å²) in [6.45, 7) is 22.0. The van der Waals surface area contributed by atoms with E-state index >= 15 is 0 Å². The van der Waals surface area contributed by atoms with Crippen molar-refractivity contribution in [1.29, 1.82) is 0 Å². The molecule has 0 saturated heterocycles. The van der Waals surface area contributed by atoms with Crippen LogP contribution in [0.2, 0.25) is 44.3 Å². The molecule has 0 bridgehead atoms. The Balaban J connectivity index is 5.50. The number of hydrogen-bond donors (Lipinski definition) is 2. The Kier molecular flexibility index (Phi) is 11.1. The fourth-order valence-corrected chi connectivity index (χ4v) is 13.1. The highest BCUT2D eigenvalue weighted by atomic mass is 28.5. The van der Waals surface area contributed by atoms with Gasteiger partial charge in [0.2, 0.25) is 0 Å². The maximum absolute atomic E-state index is 11.9. The van der Waals surface area contributed by atoms with Gasteiger partial charge in [-0.2, -0.15) is 0 Å². The van der Waals surface area contributed by atoms with Gasteiger partial charge in [-0.1, -0.05) is 34.6 Å². The van der Waals surface area contributed by atoms with Crippen LogP contribution in [0.5, 0.6) is 0 Å². The molecule has 0 amide bonds. The van der Waals surface area contributed by atoms with Crippen molar-refractivity contribution in [3.8, 4) is 0 Å². The molecule has 0 spiro atoms. The summed E-state index contributed by atoms with van der Waals surface area (Å²) in [5.41, 5.74) is -0.0326. The van der Waals surface area contributed by atoms with Crippen molar-refractivity contribution < 1.29 is 32.1 Å². The molecule has 0 aromatic rings. The third-order valence-corrected chi connectivity index (χ3v) is 14.2. The van der Waals surface area contributed by atoms with Gasteiger partial charge < -0.3 is 22.6 Å². The van der Waals surface area contributed by atoms with Crippen LogP contribution in [0, 0.1) is 11.8 Å². The van der Waals surface area contributed by atoms with Crippen LogP contribution in [-0.4, -0.2) is 58.1 Å². The average Bonchev–Trinajstić information content (AvgIpc) is 2.45. The summed E-state index contributed by atoms with van der Waals surface area (Å²) in [6, 6.07) is 0. The van der Waals surface area contributed by atoms with Gasteiger partial charge in [0.25, 0.3) is 0 Å². The predicted molar refractivity (Wildman–Crippen MR) is 131 cm³/mol. The summed E-state index contributed by atoms with van der Waals surface area (Å²) < 4.78 is 18.7. The first-order valence-corrected chi connectivity index (χ1v) is 19.9. The van der Waals surface area contributed by atoms with Crippen LogP contribution in [0.1, 0.15) is 41.0 Å². The molecular weight excluding hydrogens is 453 g/mol. The van der Waals surface area contributed by atoms with Gasteiger partial charge in [0, 0.05) is 0 Å². The first kappa shape index (κ1) is 29.4. The lowest BCUT2D eigenvalue weighted by Gasteiger charge is -2.34. The van der Waals surface area contributed by atoms with Gasteiger partial charge in [-0.25, -0.2) is 9.59 Å². The zero-order valence-corrected chi connectivity index (χ0v) is 25.2. The topological polar surface area (TPSA) is 102 Å². The third kappa shape index (κ3) is 11.7. The van der Waals surface area contributed by atoms with Gasteiger partial charge in [0.15, 0.2) is 26.4 Å². The molecule has 0 aliphatic heterocycles. The number of carbonyl (C=O) groups is 2. The fraction of sp³-hybridized carbons (Fsp3) is 0.789. The summed E-state index contributed by atoms with van der Waals surface area (Å²) in [7, 11) is -7.01. The smallest absolute Gasteiger partial charge is 0.452 e. The molecule has 0 aliphatic carbocycles. The van der Waals surface area contributed by atoms with Gasteiger partial charge in [-0.3, -0.25) is 0 Å². The lowest BCUT2D eigenvalue weighted by Crippen LogP contribution is -2.46. The van der Waals surface area contributed by atoms with E-state index in [2.05, 4.69) is 53.1 Å². The second-order valence-electron chi connectivity index (χ2n) is 10.9. The van der Waals surface area contributed by atoms with Crippen molar-refractivity contribution in [3.63, 3.8) is 0 Å². The van der Waals surface area contributed by atoms with E-state index in [0.717, 1.165) is 0 Å². The van der Waals surface area contributed by atoms with Crippen LogP contribution in [0.4, 0.5) is 0 Å². The van der Waals surface area contributed by atoms with E-state index in [0.29, 0.717) is 6.42 Å². The second kappa shape index (κ2) is 11.3. The Morgan fingerprint density at radius 1 is 0.900 bits per heavy atom. The monoisotopic (exact) mass is 494 g/mol. The maximum Gasteiger partial charge on any atom is 0.452 e. The highest BCUT2D eigenvalue weighted by molar-refractivity contribution is 6.80. The molecule has 7 nitrogen and oxygen atoms in total. The number of rotatable bonds is 13. The molecule has 1 atom stereocenters. The molecular formula is C19H42O7Si4. The molecule has 0 aliphatic rings. The van der Waals surface area contributed by atoms with E-state index in [1.54, 1.807) is 20.8 Å². The van der Waals surface area contributed by atoms with Crippen molar-refractivity contribution in [2.45, 2.75) is 85.4 Å². The van der Waals surface area contributed by atoms with Gasteiger partial charge >= 0.3 is 21.5 Å². The minimum atomic E-state index is -2.26. The normalized spacial score (nSPS) is 15.8. The SMILES string of the molecule is CC(C)C(C(=O)O)=C(C(=O)O)C(C)CC(C)(C)[SiH2]O[SiH](O[Si](C)(C)C)O[Si](C)(C)C. The lowest BCUT2D eigenvalue weighted by molar-refractivity contribution is -0.136. The summed E-state index contributed by atoms with van der Waals surface area (Å²) in [5, 5.41) is 19.0. The van der Waals surface area contributed by atoms with Crippen LogP contribution < -0.4 is 0 Å². The standard InChI is InChI=1S/C19H42O7Si4/c1-13(2)15(17(20)21)16(18(22)23)14(3)12-19(4,5)27-24-28(25-29(6,7)8)26-30(9,10)11/h13-14,28H,12,27H2,1-11H3,(H,20,21)(H,22,23). The Labute approximate surface area is 188 Å². The van der Waals surface area contributed by atoms with E-state index in [4.69, 9.17) is 12.3 Å². The number of carboxylic acid groups (broad SMARTS) is 2. The third-order valence-electron chi connectivity index (χ3n) is 4.19. The molecule has 0 aromatic heterocycles. The molecule has 0 saturated carbocycles. The first-order valence-electron chi connectivity index (χ1n) is 10.4. The quantitative estimate of drug-likeness (QED) is 0.296. The summed E-state index contributed by atoms with van der Waals surface area (Å²) >= 11 is 0. The Bertz CT molecular complexity index is 618. The van der Waals surface area contributed by atoms with Crippen LogP contribution in [-0.2, 0) is 21.9 Å². The summed E-state index contributed by atoms with van der Waals surface area (Å²) in [6.07, 6.45) is 0.533. The molecule has 0 rings (SSSR count). The molecule has 176 valence electrons. The van der Waals surface area contributed by atoms with Gasteiger partial charge in [-0.05, 0) is 62.6 Å². The largest absolute Gasteiger partial charge is 0.478 e. The minimum Gasteiger partial charge on any atom is -0.478 e. The second-order valence-corrected chi connectivity index (χ2v) is 25.4. The van der Waals surface area contributed by atoms with Crippen molar-refractivity contribution in [2.24, 2.45) is 11.8 Å². The van der Waals surface area contributed by atoms with Crippen molar-refractivity contribution >= 4 is 47.9 Å². The molecule has 30 heavy (non-hydrogen) atoms. The summed E-state index contributed by atoms with van der Waals surface area (Å²) in [5.74, 6) is -3.11. The Hall–Kier alpha value is -0.572. The molecule has 1 unspecified atom stereocenters. The van der Waals surface area contributed by atoms with Crippen LogP contribution in [0.25, 0.3) is 0 Å². The van der Waals surface area contributed by atoms with Crippen LogP contribution >= 0.6 is 0 Å². The predicted octanol–water partition coefficient (Wildman–Crippen LogP) is 3.85. The molecule has 0 radical (unpaired) electrons. The van der Waals surface area contributed by atoms with E-state index < -0.39 is 53.8 Å². The van der Waals surface area contributed by atoms with Gasteiger partial charge in [0.1, 0.15) is 0 Å². The van der Waals surface area contributed by atoms with Crippen molar-refractivity contribution in [1.82, 2.24) is 0 Å². The molecule has 0 aromatic carbocycles. The molecule has 11 heteroatoms.